The first-order valence-electron chi connectivity index (χ1n) is 8.64. The highest BCUT2D eigenvalue weighted by Gasteiger charge is 2.29. The minimum Gasteiger partial charge on any atom is -0.495 e. The lowest BCUT2D eigenvalue weighted by Gasteiger charge is -2.18. The zero-order valence-electron chi connectivity index (χ0n) is 17.0. The number of hydrogen-bond donors (Lipinski definition) is 2. The highest BCUT2D eigenvalue weighted by atomic mass is 35.5. The van der Waals surface area contributed by atoms with Crippen molar-refractivity contribution in [2.45, 2.75) is 0 Å². The molecule has 0 unspecified atom stereocenters. The molecule has 0 saturated heterocycles. The Labute approximate surface area is 195 Å². The Kier molecular flexibility index (Phi) is 8.12. The van der Waals surface area contributed by atoms with Gasteiger partial charge in [-0.15, -0.1) is 0 Å². The summed E-state index contributed by atoms with van der Waals surface area (Å²) < 4.78 is 52.1. The van der Waals surface area contributed by atoms with Crippen LogP contribution in [0.4, 0.5) is 11.4 Å². The van der Waals surface area contributed by atoms with E-state index in [1.807, 2.05) is 0 Å². The van der Waals surface area contributed by atoms with E-state index < -0.39 is 38.4 Å². The second kappa shape index (κ2) is 10.0. The SMILES string of the molecule is COc1ccc(C(=O)Nc2ccc(Cl)c(Cl)c2)cc1NC(=O)CN(S(C)(=O)=O)S(C)(=O)=O. The van der Waals surface area contributed by atoms with Gasteiger partial charge in [-0.1, -0.05) is 26.9 Å². The molecule has 0 atom stereocenters. The molecule has 0 saturated carbocycles. The Hall–Kier alpha value is -2.38. The predicted octanol–water partition coefficient (Wildman–Crippen LogP) is 2.41. The largest absolute Gasteiger partial charge is 0.495 e. The number of ether oxygens (including phenoxy) is 1. The summed E-state index contributed by atoms with van der Waals surface area (Å²) in [5.41, 5.74) is 0.527. The summed E-state index contributed by atoms with van der Waals surface area (Å²) in [6.45, 7) is -0.986. The molecule has 0 aliphatic carbocycles. The summed E-state index contributed by atoms with van der Waals surface area (Å²) in [6, 6.07) is 8.64. The van der Waals surface area contributed by atoms with Gasteiger partial charge in [0.15, 0.2) is 0 Å². The summed E-state index contributed by atoms with van der Waals surface area (Å²) in [7, 11) is -7.12. The molecule has 0 fully saturated rings. The van der Waals surface area contributed by atoms with Crippen LogP contribution >= 0.6 is 23.2 Å². The number of benzene rings is 2. The van der Waals surface area contributed by atoms with Crippen LogP contribution in [0.1, 0.15) is 10.4 Å². The molecule has 2 aromatic rings. The van der Waals surface area contributed by atoms with E-state index in [-0.39, 0.29) is 25.7 Å². The summed E-state index contributed by atoms with van der Waals surface area (Å²) in [5.74, 6) is -1.34. The van der Waals surface area contributed by atoms with Crippen LogP contribution in [-0.2, 0) is 24.8 Å². The zero-order valence-corrected chi connectivity index (χ0v) is 20.2. The van der Waals surface area contributed by atoms with Crippen LogP contribution in [0, 0.1) is 0 Å². The highest BCUT2D eigenvalue weighted by molar-refractivity contribution is 8.03. The highest BCUT2D eigenvalue weighted by Crippen LogP contribution is 2.28. The predicted molar refractivity (Wildman–Crippen MR) is 122 cm³/mol. The topological polar surface area (TPSA) is 139 Å². The Morgan fingerprint density at radius 2 is 1.56 bits per heavy atom. The number of rotatable bonds is 8. The lowest BCUT2D eigenvalue weighted by molar-refractivity contribution is -0.115. The first-order chi connectivity index (χ1) is 14.7. The first kappa shape index (κ1) is 25.9. The van der Waals surface area contributed by atoms with Crippen molar-refractivity contribution >= 4 is 66.4 Å². The normalized spacial score (nSPS) is 11.8. The van der Waals surface area contributed by atoms with E-state index in [0.29, 0.717) is 23.2 Å². The van der Waals surface area contributed by atoms with Crippen LogP contribution in [0.3, 0.4) is 0 Å². The summed E-state index contributed by atoms with van der Waals surface area (Å²) in [6.07, 6.45) is 1.33. The van der Waals surface area contributed by atoms with Crippen molar-refractivity contribution in [1.29, 1.82) is 0 Å². The Morgan fingerprint density at radius 3 is 2.09 bits per heavy atom. The van der Waals surface area contributed by atoms with E-state index in [1.54, 1.807) is 6.07 Å². The van der Waals surface area contributed by atoms with E-state index >= 15 is 0 Å². The van der Waals surface area contributed by atoms with Gasteiger partial charge in [0.05, 0.1) is 35.4 Å². The molecule has 2 rings (SSSR count). The third-order valence-corrected chi connectivity index (χ3v) is 8.03. The molecular formula is C18H19Cl2N3O7S2. The molecule has 2 amide bonds. The minimum absolute atomic E-state index is 0.0289. The standard InChI is InChI=1S/C18H19Cl2N3O7S2/c1-30-16-7-4-11(18(25)21-12-5-6-13(19)14(20)9-12)8-15(16)22-17(24)10-23(31(2,26)27)32(3,28)29/h4-9H,10H2,1-3H3,(H,21,25)(H,22,24). The third kappa shape index (κ3) is 6.81. The molecule has 2 N–H and O–H groups in total. The van der Waals surface area contributed by atoms with Gasteiger partial charge in [0, 0.05) is 11.3 Å². The van der Waals surface area contributed by atoms with Gasteiger partial charge in [-0.05, 0) is 36.4 Å². The summed E-state index contributed by atoms with van der Waals surface area (Å²) >= 11 is 11.8. The number of anilines is 2. The fraction of sp³-hybridized carbons (Fsp3) is 0.222. The number of carbonyl (C=O) groups excluding carboxylic acids is 2. The Bertz CT molecular complexity index is 1230. The van der Waals surface area contributed by atoms with Crippen LogP contribution in [0.25, 0.3) is 0 Å². The van der Waals surface area contributed by atoms with Crippen molar-refractivity contribution in [2.24, 2.45) is 0 Å². The van der Waals surface area contributed by atoms with Crippen molar-refractivity contribution in [3.8, 4) is 5.75 Å². The number of halogens is 2. The zero-order chi connectivity index (χ0) is 24.3. The number of nitrogens with one attached hydrogen (secondary N) is 2. The van der Waals surface area contributed by atoms with Gasteiger partial charge >= 0.3 is 0 Å². The molecule has 174 valence electrons. The maximum atomic E-state index is 12.6. The molecule has 10 nitrogen and oxygen atoms in total. The van der Waals surface area contributed by atoms with E-state index in [9.17, 15) is 26.4 Å². The van der Waals surface area contributed by atoms with E-state index in [0.717, 1.165) is 0 Å². The van der Waals surface area contributed by atoms with Gasteiger partial charge in [0.1, 0.15) is 12.3 Å². The molecule has 0 aliphatic rings. The summed E-state index contributed by atoms with van der Waals surface area (Å²) in [4.78, 5) is 24.9. The number of nitrogens with zero attached hydrogens (tertiary/aromatic N) is 1. The van der Waals surface area contributed by atoms with E-state index in [1.165, 1.54) is 37.4 Å². The van der Waals surface area contributed by atoms with Crippen LogP contribution in [-0.4, -0.2) is 58.5 Å². The molecule has 0 radical (unpaired) electrons. The maximum absolute atomic E-state index is 12.6. The molecule has 0 spiro atoms. The van der Waals surface area contributed by atoms with Crippen LogP contribution in [0.15, 0.2) is 36.4 Å². The second-order valence-corrected chi connectivity index (χ2v) is 11.4. The first-order valence-corrected chi connectivity index (χ1v) is 13.1. The van der Waals surface area contributed by atoms with Crippen LogP contribution < -0.4 is 15.4 Å². The second-order valence-electron chi connectivity index (χ2n) is 6.50. The molecule has 0 aliphatic heterocycles. The maximum Gasteiger partial charge on any atom is 0.255 e. The molecule has 0 aromatic heterocycles. The minimum atomic E-state index is -4.22. The summed E-state index contributed by atoms with van der Waals surface area (Å²) in [5, 5.41) is 5.53. The molecular weight excluding hydrogens is 505 g/mol. The van der Waals surface area contributed by atoms with Gasteiger partial charge in [0.25, 0.3) is 5.91 Å². The number of sulfonamides is 2. The van der Waals surface area contributed by atoms with Gasteiger partial charge in [-0.3, -0.25) is 9.59 Å². The number of amides is 2. The fourth-order valence-corrected chi connectivity index (χ4v) is 5.48. The van der Waals surface area contributed by atoms with Gasteiger partial charge in [-0.25, -0.2) is 16.8 Å². The van der Waals surface area contributed by atoms with Crippen molar-refractivity contribution < 1.29 is 31.2 Å². The van der Waals surface area contributed by atoms with Crippen LogP contribution in [0.2, 0.25) is 10.0 Å². The average Bonchev–Trinajstić information content (AvgIpc) is 2.67. The smallest absolute Gasteiger partial charge is 0.255 e. The molecule has 2 aromatic carbocycles. The number of methoxy groups -OCH3 is 1. The lowest BCUT2D eigenvalue weighted by Crippen LogP contribution is -2.41. The number of carbonyl (C=O) groups is 2. The molecule has 0 bridgehead atoms. The van der Waals surface area contributed by atoms with Crippen molar-refractivity contribution in [1.82, 2.24) is 3.71 Å². The molecule has 0 heterocycles. The Balaban J connectivity index is 2.26. The average molecular weight is 524 g/mol. The van der Waals surface area contributed by atoms with Crippen molar-refractivity contribution in [2.75, 3.05) is 36.8 Å². The lowest BCUT2D eigenvalue weighted by atomic mass is 10.1. The van der Waals surface area contributed by atoms with Gasteiger partial charge in [0.2, 0.25) is 26.0 Å². The van der Waals surface area contributed by atoms with Gasteiger partial charge < -0.3 is 15.4 Å². The Morgan fingerprint density at radius 1 is 0.938 bits per heavy atom. The third-order valence-electron chi connectivity index (χ3n) is 3.93. The van der Waals surface area contributed by atoms with Crippen molar-refractivity contribution in [3.05, 3.63) is 52.0 Å². The van der Waals surface area contributed by atoms with Crippen LogP contribution in [0.5, 0.6) is 5.75 Å². The fourth-order valence-electron chi connectivity index (χ4n) is 2.51. The van der Waals surface area contributed by atoms with E-state index in [4.69, 9.17) is 27.9 Å². The quantitative estimate of drug-likeness (QED) is 0.541. The molecule has 32 heavy (non-hydrogen) atoms. The van der Waals surface area contributed by atoms with Gasteiger partial charge in [-0.2, -0.15) is 0 Å². The van der Waals surface area contributed by atoms with E-state index in [2.05, 4.69) is 10.6 Å². The monoisotopic (exact) mass is 523 g/mol. The number of hydrogen-bond acceptors (Lipinski definition) is 7. The molecule has 14 heteroatoms. The van der Waals surface area contributed by atoms with Crippen molar-refractivity contribution in [3.63, 3.8) is 0 Å².